The standard InChI is InChI=1S/C22H31N5O/c1-16-7-5-6-8-20(16)13-26-22(23-4)25-12-19-9-10-21(24-11-19)27-14-17(2)28-18(3)15-27/h5-11,17-18H,12-15H2,1-4H3,(H2,23,25,26). The molecule has 0 saturated carbocycles. The number of anilines is 1. The van der Waals surface area contributed by atoms with Crippen molar-refractivity contribution in [3.05, 3.63) is 59.3 Å². The minimum absolute atomic E-state index is 0.231. The first-order valence-electron chi connectivity index (χ1n) is 9.89. The van der Waals surface area contributed by atoms with Gasteiger partial charge in [0.15, 0.2) is 5.96 Å². The molecule has 0 bridgehead atoms. The molecule has 2 heterocycles. The number of rotatable bonds is 5. The number of aliphatic imine (C=N–C) groups is 1. The van der Waals surface area contributed by atoms with Gasteiger partial charge in [-0.25, -0.2) is 4.98 Å². The number of guanidine groups is 1. The molecule has 3 rings (SSSR count). The van der Waals surface area contributed by atoms with Gasteiger partial charge in [-0.05, 0) is 43.5 Å². The normalized spacial score (nSPS) is 20.1. The number of aromatic nitrogens is 1. The van der Waals surface area contributed by atoms with Gasteiger partial charge < -0.3 is 20.3 Å². The molecule has 2 atom stereocenters. The fourth-order valence-corrected chi connectivity index (χ4v) is 3.47. The van der Waals surface area contributed by atoms with Crippen LogP contribution in [-0.2, 0) is 17.8 Å². The summed E-state index contributed by atoms with van der Waals surface area (Å²) in [6.07, 6.45) is 2.39. The number of hydrogen-bond donors (Lipinski definition) is 2. The zero-order chi connectivity index (χ0) is 19.9. The van der Waals surface area contributed by atoms with E-state index in [9.17, 15) is 0 Å². The van der Waals surface area contributed by atoms with E-state index in [2.05, 4.69) is 82.7 Å². The molecule has 0 amide bonds. The van der Waals surface area contributed by atoms with Crippen LogP contribution in [0, 0.1) is 6.92 Å². The number of morpholine rings is 1. The molecular weight excluding hydrogens is 350 g/mol. The van der Waals surface area contributed by atoms with E-state index in [0.29, 0.717) is 6.54 Å². The predicted molar refractivity (Wildman–Crippen MR) is 115 cm³/mol. The second-order valence-electron chi connectivity index (χ2n) is 7.39. The Hall–Kier alpha value is -2.60. The van der Waals surface area contributed by atoms with E-state index < -0.39 is 0 Å². The molecule has 0 aliphatic carbocycles. The smallest absolute Gasteiger partial charge is 0.191 e. The Kier molecular flexibility index (Phi) is 6.87. The highest BCUT2D eigenvalue weighted by Crippen LogP contribution is 2.18. The summed E-state index contributed by atoms with van der Waals surface area (Å²) in [6, 6.07) is 12.6. The summed E-state index contributed by atoms with van der Waals surface area (Å²) in [7, 11) is 1.79. The van der Waals surface area contributed by atoms with Crippen molar-refractivity contribution in [1.82, 2.24) is 15.6 Å². The molecular formula is C22H31N5O. The Labute approximate surface area is 168 Å². The van der Waals surface area contributed by atoms with Gasteiger partial charge >= 0.3 is 0 Å². The van der Waals surface area contributed by atoms with E-state index in [1.54, 1.807) is 7.05 Å². The van der Waals surface area contributed by atoms with Crippen LogP contribution in [0.1, 0.15) is 30.5 Å². The van der Waals surface area contributed by atoms with Crippen molar-refractivity contribution >= 4 is 11.8 Å². The minimum atomic E-state index is 0.231. The summed E-state index contributed by atoms with van der Waals surface area (Å²) in [5.74, 6) is 1.79. The highest BCUT2D eigenvalue weighted by Gasteiger charge is 2.22. The van der Waals surface area contributed by atoms with Gasteiger partial charge in [0.05, 0.1) is 12.2 Å². The molecule has 1 saturated heterocycles. The zero-order valence-electron chi connectivity index (χ0n) is 17.3. The Balaban J connectivity index is 1.51. The Morgan fingerprint density at radius 3 is 2.46 bits per heavy atom. The summed E-state index contributed by atoms with van der Waals surface area (Å²) >= 11 is 0. The molecule has 1 aliphatic rings. The summed E-state index contributed by atoms with van der Waals surface area (Å²) in [5.41, 5.74) is 3.67. The largest absolute Gasteiger partial charge is 0.372 e. The van der Waals surface area contributed by atoms with Crippen molar-refractivity contribution in [2.24, 2.45) is 4.99 Å². The van der Waals surface area contributed by atoms with Crippen LogP contribution in [0.2, 0.25) is 0 Å². The molecule has 1 aromatic heterocycles. The predicted octanol–water partition coefficient (Wildman–Crippen LogP) is 2.87. The topological polar surface area (TPSA) is 61.8 Å². The van der Waals surface area contributed by atoms with Crippen LogP contribution in [0.4, 0.5) is 5.82 Å². The van der Waals surface area contributed by atoms with Gasteiger partial charge in [0.25, 0.3) is 0 Å². The van der Waals surface area contributed by atoms with E-state index in [1.807, 2.05) is 6.20 Å². The SMILES string of the molecule is CN=C(NCc1ccc(N2CC(C)OC(C)C2)nc1)NCc1ccccc1C. The monoisotopic (exact) mass is 381 g/mol. The van der Waals surface area contributed by atoms with Crippen LogP contribution in [0.5, 0.6) is 0 Å². The van der Waals surface area contributed by atoms with Crippen molar-refractivity contribution in [2.75, 3.05) is 25.0 Å². The van der Waals surface area contributed by atoms with Crippen molar-refractivity contribution in [1.29, 1.82) is 0 Å². The number of hydrogen-bond acceptors (Lipinski definition) is 4. The molecule has 1 aromatic carbocycles. The number of benzene rings is 1. The lowest BCUT2D eigenvalue weighted by molar-refractivity contribution is -0.00545. The van der Waals surface area contributed by atoms with Crippen molar-refractivity contribution in [3.63, 3.8) is 0 Å². The Morgan fingerprint density at radius 1 is 1.11 bits per heavy atom. The molecule has 6 nitrogen and oxygen atoms in total. The lowest BCUT2D eigenvalue weighted by Crippen LogP contribution is -2.45. The molecule has 0 radical (unpaired) electrons. The third-order valence-corrected chi connectivity index (χ3v) is 4.94. The second kappa shape index (κ2) is 9.55. The molecule has 1 fully saturated rings. The molecule has 2 unspecified atom stereocenters. The van der Waals surface area contributed by atoms with Crippen LogP contribution < -0.4 is 15.5 Å². The molecule has 1 aliphatic heterocycles. The fourth-order valence-electron chi connectivity index (χ4n) is 3.47. The molecule has 6 heteroatoms. The third-order valence-electron chi connectivity index (χ3n) is 4.94. The van der Waals surface area contributed by atoms with Crippen LogP contribution in [-0.4, -0.2) is 43.3 Å². The van der Waals surface area contributed by atoms with Crippen molar-refractivity contribution in [2.45, 2.75) is 46.1 Å². The van der Waals surface area contributed by atoms with Crippen LogP contribution in [0.15, 0.2) is 47.6 Å². The zero-order valence-corrected chi connectivity index (χ0v) is 17.3. The van der Waals surface area contributed by atoms with Gasteiger partial charge in [-0.3, -0.25) is 4.99 Å². The van der Waals surface area contributed by atoms with Gasteiger partial charge in [0, 0.05) is 39.4 Å². The Bertz CT molecular complexity index is 780. The van der Waals surface area contributed by atoms with Gasteiger partial charge in [-0.2, -0.15) is 0 Å². The molecule has 0 spiro atoms. The average Bonchev–Trinajstić information content (AvgIpc) is 2.69. The average molecular weight is 382 g/mol. The van der Waals surface area contributed by atoms with E-state index in [4.69, 9.17) is 4.74 Å². The van der Waals surface area contributed by atoms with Gasteiger partial charge in [0.1, 0.15) is 5.82 Å². The summed E-state index contributed by atoms with van der Waals surface area (Å²) < 4.78 is 5.80. The van der Waals surface area contributed by atoms with Crippen LogP contribution >= 0.6 is 0 Å². The maximum atomic E-state index is 5.80. The minimum Gasteiger partial charge on any atom is -0.372 e. The lowest BCUT2D eigenvalue weighted by atomic mass is 10.1. The first-order valence-corrected chi connectivity index (χ1v) is 9.89. The van der Waals surface area contributed by atoms with E-state index in [1.165, 1.54) is 11.1 Å². The molecule has 28 heavy (non-hydrogen) atoms. The number of aryl methyl sites for hydroxylation is 1. The van der Waals surface area contributed by atoms with Crippen LogP contribution in [0.25, 0.3) is 0 Å². The highest BCUT2D eigenvalue weighted by atomic mass is 16.5. The van der Waals surface area contributed by atoms with E-state index in [-0.39, 0.29) is 12.2 Å². The van der Waals surface area contributed by atoms with E-state index in [0.717, 1.165) is 37.0 Å². The molecule has 2 aromatic rings. The number of nitrogens with zero attached hydrogens (tertiary/aromatic N) is 3. The Morgan fingerprint density at radius 2 is 1.82 bits per heavy atom. The second-order valence-corrected chi connectivity index (χ2v) is 7.39. The van der Waals surface area contributed by atoms with Crippen LogP contribution in [0.3, 0.4) is 0 Å². The highest BCUT2D eigenvalue weighted by molar-refractivity contribution is 5.79. The lowest BCUT2D eigenvalue weighted by Gasteiger charge is -2.36. The molecule has 150 valence electrons. The number of pyridine rings is 1. The fraction of sp³-hybridized carbons (Fsp3) is 0.455. The van der Waals surface area contributed by atoms with Gasteiger partial charge in [0.2, 0.25) is 0 Å². The quantitative estimate of drug-likeness (QED) is 0.616. The summed E-state index contributed by atoms with van der Waals surface area (Å²) in [5, 5.41) is 6.72. The van der Waals surface area contributed by atoms with Gasteiger partial charge in [-0.15, -0.1) is 0 Å². The summed E-state index contributed by atoms with van der Waals surface area (Å²) in [4.78, 5) is 11.2. The van der Waals surface area contributed by atoms with Gasteiger partial charge in [-0.1, -0.05) is 30.3 Å². The van der Waals surface area contributed by atoms with E-state index >= 15 is 0 Å². The first kappa shape index (κ1) is 20.1. The summed E-state index contributed by atoms with van der Waals surface area (Å²) in [6.45, 7) is 9.52. The molecule has 2 N–H and O–H groups in total. The van der Waals surface area contributed by atoms with Crippen molar-refractivity contribution < 1.29 is 4.74 Å². The van der Waals surface area contributed by atoms with Crippen molar-refractivity contribution in [3.8, 4) is 0 Å². The first-order chi connectivity index (χ1) is 13.5. The maximum absolute atomic E-state index is 5.80. The number of ether oxygens (including phenoxy) is 1. The maximum Gasteiger partial charge on any atom is 0.191 e. The number of nitrogens with one attached hydrogen (secondary N) is 2. The third kappa shape index (κ3) is 5.45.